The van der Waals surface area contributed by atoms with Gasteiger partial charge in [0.25, 0.3) is 0 Å². The Morgan fingerprint density at radius 1 is 1.15 bits per heavy atom. The summed E-state index contributed by atoms with van der Waals surface area (Å²) in [6, 6.07) is 8.38. The van der Waals surface area contributed by atoms with Crippen molar-refractivity contribution >= 4 is 26.8 Å². The van der Waals surface area contributed by atoms with E-state index in [1.165, 1.54) is 10.9 Å². The molecule has 1 aromatic carbocycles. The average molecular weight is 236 g/mol. The van der Waals surface area contributed by atoms with Gasteiger partial charge in [0.15, 0.2) is 0 Å². The molecule has 0 N–H and O–H groups in total. The van der Waals surface area contributed by atoms with Gasteiger partial charge in [-0.2, -0.15) is 0 Å². The molecule has 1 heterocycles. The van der Waals surface area contributed by atoms with Crippen molar-refractivity contribution < 1.29 is 0 Å². The SMILES string of the molecule is Cc1cc(Br)c2nc(C)ccc2c1. The molecule has 0 amide bonds. The number of pyridine rings is 1. The maximum absolute atomic E-state index is 4.47. The molecule has 0 fully saturated rings. The third-order valence-corrected chi connectivity index (χ3v) is 2.63. The third-order valence-electron chi connectivity index (χ3n) is 2.03. The second-order valence-corrected chi connectivity index (χ2v) is 4.13. The van der Waals surface area contributed by atoms with E-state index in [0.29, 0.717) is 0 Å². The van der Waals surface area contributed by atoms with E-state index >= 15 is 0 Å². The highest BCUT2D eigenvalue weighted by atomic mass is 79.9. The summed E-state index contributed by atoms with van der Waals surface area (Å²) in [6.45, 7) is 4.09. The Kier molecular flexibility index (Phi) is 2.08. The second kappa shape index (κ2) is 3.11. The van der Waals surface area contributed by atoms with E-state index in [2.05, 4.69) is 46.0 Å². The summed E-state index contributed by atoms with van der Waals surface area (Å²) >= 11 is 3.52. The quantitative estimate of drug-likeness (QED) is 0.680. The standard InChI is InChI=1S/C11H10BrN/c1-7-5-9-4-3-8(2)13-11(9)10(12)6-7/h3-6H,1-2H3. The Hall–Kier alpha value is -0.890. The Bertz CT molecular complexity index is 463. The first-order valence-electron chi connectivity index (χ1n) is 4.20. The lowest BCUT2D eigenvalue weighted by atomic mass is 10.1. The summed E-state index contributed by atoms with van der Waals surface area (Å²) in [5, 5.41) is 1.19. The number of hydrogen-bond acceptors (Lipinski definition) is 1. The molecule has 0 radical (unpaired) electrons. The number of fused-ring (bicyclic) bond motifs is 1. The fourth-order valence-corrected chi connectivity index (χ4v) is 2.11. The summed E-state index contributed by atoms with van der Waals surface area (Å²) in [6.07, 6.45) is 0. The van der Waals surface area contributed by atoms with Crippen molar-refractivity contribution in [2.24, 2.45) is 0 Å². The van der Waals surface area contributed by atoms with E-state index in [9.17, 15) is 0 Å². The predicted molar refractivity (Wildman–Crippen MR) is 58.9 cm³/mol. The molecule has 1 aromatic heterocycles. The molecular weight excluding hydrogens is 226 g/mol. The van der Waals surface area contributed by atoms with Gasteiger partial charge >= 0.3 is 0 Å². The molecule has 0 unspecified atom stereocenters. The topological polar surface area (TPSA) is 12.9 Å². The molecule has 66 valence electrons. The molecule has 0 atom stereocenters. The zero-order valence-electron chi connectivity index (χ0n) is 7.63. The smallest absolute Gasteiger partial charge is 0.0847 e. The second-order valence-electron chi connectivity index (χ2n) is 3.27. The number of rotatable bonds is 0. The Balaban J connectivity index is 2.87. The molecule has 0 aliphatic heterocycles. The minimum absolute atomic E-state index is 1.05. The molecule has 0 saturated heterocycles. The third kappa shape index (κ3) is 1.59. The number of aryl methyl sites for hydroxylation is 2. The molecule has 2 rings (SSSR count). The molecule has 0 bridgehead atoms. The number of aromatic nitrogens is 1. The molecule has 0 spiro atoms. The number of halogens is 1. The molecule has 2 heteroatoms. The average Bonchev–Trinajstić information content (AvgIpc) is 2.06. The first-order chi connectivity index (χ1) is 6.16. The van der Waals surface area contributed by atoms with Crippen molar-refractivity contribution in [1.29, 1.82) is 0 Å². The van der Waals surface area contributed by atoms with Crippen LogP contribution >= 0.6 is 15.9 Å². The van der Waals surface area contributed by atoms with Crippen LogP contribution in [0.15, 0.2) is 28.7 Å². The van der Waals surface area contributed by atoms with E-state index in [-0.39, 0.29) is 0 Å². The minimum Gasteiger partial charge on any atom is -0.252 e. The van der Waals surface area contributed by atoms with E-state index in [4.69, 9.17) is 0 Å². The van der Waals surface area contributed by atoms with Gasteiger partial charge < -0.3 is 0 Å². The van der Waals surface area contributed by atoms with E-state index in [1.807, 2.05) is 13.0 Å². The van der Waals surface area contributed by atoms with Crippen LogP contribution in [0.25, 0.3) is 10.9 Å². The summed E-state index contributed by atoms with van der Waals surface area (Å²) in [5.41, 5.74) is 3.35. The highest BCUT2D eigenvalue weighted by Crippen LogP contribution is 2.23. The van der Waals surface area contributed by atoms with Gasteiger partial charge in [-0.05, 0) is 53.5 Å². The molecule has 2 aromatic rings. The van der Waals surface area contributed by atoms with Gasteiger partial charge in [-0.1, -0.05) is 6.07 Å². The van der Waals surface area contributed by atoms with Crippen LogP contribution in [0.5, 0.6) is 0 Å². The Morgan fingerprint density at radius 2 is 1.92 bits per heavy atom. The van der Waals surface area contributed by atoms with Crippen LogP contribution in [0, 0.1) is 13.8 Å². The molecular formula is C11H10BrN. The largest absolute Gasteiger partial charge is 0.252 e. The van der Waals surface area contributed by atoms with Gasteiger partial charge in [-0.3, -0.25) is 4.98 Å². The minimum atomic E-state index is 1.05. The van der Waals surface area contributed by atoms with Crippen LogP contribution in [-0.4, -0.2) is 4.98 Å². The molecule has 0 saturated carbocycles. The van der Waals surface area contributed by atoms with Gasteiger partial charge in [0.2, 0.25) is 0 Å². The zero-order chi connectivity index (χ0) is 9.42. The lowest BCUT2D eigenvalue weighted by molar-refractivity contribution is 1.25. The molecule has 0 aliphatic carbocycles. The van der Waals surface area contributed by atoms with Gasteiger partial charge in [0.05, 0.1) is 5.52 Å². The van der Waals surface area contributed by atoms with Crippen LogP contribution in [0.3, 0.4) is 0 Å². The van der Waals surface area contributed by atoms with Crippen molar-refractivity contribution in [3.63, 3.8) is 0 Å². The van der Waals surface area contributed by atoms with Crippen LogP contribution in [-0.2, 0) is 0 Å². The van der Waals surface area contributed by atoms with Gasteiger partial charge in [-0.15, -0.1) is 0 Å². The highest BCUT2D eigenvalue weighted by molar-refractivity contribution is 9.10. The van der Waals surface area contributed by atoms with Crippen LogP contribution in [0.4, 0.5) is 0 Å². The number of nitrogens with zero attached hydrogens (tertiary/aromatic N) is 1. The van der Waals surface area contributed by atoms with Crippen molar-refractivity contribution in [1.82, 2.24) is 4.98 Å². The van der Waals surface area contributed by atoms with Crippen molar-refractivity contribution in [3.05, 3.63) is 40.0 Å². The lowest BCUT2D eigenvalue weighted by Gasteiger charge is -2.02. The van der Waals surface area contributed by atoms with Crippen molar-refractivity contribution in [2.75, 3.05) is 0 Å². The first-order valence-corrected chi connectivity index (χ1v) is 4.99. The Morgan fingerprint density at radius 3 is 2.69 bits per heavy atom. The summed E-state index contributed by atoms with van der Waals surface area (Å²) in [5.74, 6) is 0. The van der Waals surface area contributed by atoms with Crippen LogP contribution in [0.1, 0.15) is 11.3 Å². The van der Waals surface area contributed by atoms with Crippen molar-refractivity contribution in [2.45, 2.75) is 13.8 Å². The Labute approximate surface area is 85.9 Å². The van der Waals surface area contributed by atoms with Gasteiger partial charge in [0, 0.05) is 15.6 Å². The maximum Gasteiger partial charge on any atom is 0.0847 e. The normalized spacial score (nSPS) is 10.7. The fraction of sp³-hybridized carbons (Fsp3) is 0.182. The molecule has 1 nitrogen and oxygen atoms in total. The molecule has 13 heavy (non-hydrogen) atoms. The highest BCUT2D eigenvalue weighted by Gasteiger charge is 2.00. The van der Waals surface area contributed by atoms with E-state index < -0.39 is 0 Å². The fourth-order valence-electron chi connectivity index (χ4n) is 1.43. The van der Waals surface area contributed by atoms with Crippen molar-refractivity contribution in [3.8, 4) is 0 Å². The molecule has 0 aliphatic rings. The monoisotopic (exact) mass is 235 g/mol. The lowest BCUT2D eigenvalue weighted by Crippen LogP contribution is -1.85. The zero-order valence-corrected chi connectivity index (χ0v) is 9.22. The summed E-state index contributed by atoms with van der Waals surface area (Å²) in [7, 11) is 0. The van der Waals surface area contributed by atoms with E-state index in [0.717, 1.165) is 15.7 Å². The van der Waals surface area contributed by atoms with Gasteiger partial charge in [-0.25, -0.2) is 0 Å². The maximum atomic E-state index is 4.47. The van der Waals surface area contributed by atoms with Crippen LogP contribution in [0.2, 0.25) is 0 Å². The van der Waals surface area contributed by atoms with E-state index in [1.54, 1.807) is 0 Å². The van der Waals surface area contributed by atoms with Crippen LogP contribution < -0.4 is 0 Å². The number of hydrogen-bond donors (Lipinski definition) is 0. The summed E-state index contributed by atoms with van der Waals surface area (Å²) in [4.78, 5) is 4.47. The first kappa shape index (κ1) is 8.70. The van der Waals surface area contributed by atoms with Gasteiger partial charge in [0.1, 0.15) is 0 Å². The number of benzene rings is 1. The summed E-state index contributed by atoms with van der Waals surface area (Å²) < 4.78 is 1.08. The predicted octanol–water partition coefficient (Wildman–Crippen LogP) is 3.61.